The summed E-state index contributed by atoms with van der Waals surface area (Å²) in [5, 5.41) is 9.56. The quantitative estimate of drug-likeness (QED) is 0.318. The van der Waals surface area contributed by atoms with E-state index in [9.17, 15) is 9.59 Å². The third-order valence-corrected chi connectivity index (χ3v) is 5.17. The van der Waals surface area contributed by atoms with Crippen molar-refractivity contribution >= 4 is 46.4 Å². The molecule has 0 bridgehead atoms. The molecule has 1 aromatic heterocycles. The molecule has 0 spiro atoms. The molecule has 3 rings (SSSR count). The molecule has 7 nitrogen and oxygen atoms in total. The Balaban J connectivity index is 1.65. The first-order chi connectivity index (χ1) is 15.9. The van der Waals surface area contributed by atoms with Crippen LogP contribution >= 0.6 is 23.2 Å². The topological polar surface area (TPSA) is 96.1 Å². The molecule has 0 saturated carbocycles. The first-order valence-electron chi connectivity index (χ1n) is 10.3. The lowest BCUT2D eigenvalue weighted by Crippen LogP contribution is -2.20. The van der Waals surface area contributed by atoms with E-state index in [1.54, 1.807) is 24.3 Å². The zero-order valence-corrected chi connectivity index (χ0v) is 19.6. The lowest BCUT2D eigenvalue weighted by molar-refractivity contribution is 0.0902. The molecule has 0 radical (unpaired) electrons. The number of nitrogens with one attached hydrogen (secondary N) is 2. The number of halogens is 2. The summed E-state index contributed by atoms with van der Waals surface area (Å²) >= 11 is 11.8. The molecule has 0 unspecified atom stereocenters. The normalized spacial score (nSPS) is 11.9. The van der Waals surface area contributed by atoms with Gasteiger partial charge in [0, 0.05) is 10.0 Å². The Morgan fingerprint density at radius 3 is 1.39 bits per heavy atom. The van der Waals surface area contributed by atoms with E-state index >= 15 is 0 Å². The molecule has 0 aliphatic heterocycles. The first kappa shape index (κ1) is 24.2. The molecule has 1 heterocycles. The highest BCUT2D eigenvalue weighted by Gasteiger charge is 2.16. The van der Waals surface area contributed by atoms with Gasteiger partial charge in [0.25, 0.3) is 0 Å². The van der Waals surface area contributed by atoms with Crippen LogP contribution in [0.5, 0.6) is 0 Å². The van der Waals surface area contributed by atoms with E-state index in [1.165, 1.54) is 12.1 Å². The summed E-state index contributed by atoms with van der Waals surface area (Å²) in [6.07, 6.45) is 1.19. The molecule has 9 heteroatoms. The minimum Gasteiger partial charge on any atom is -0.446 e. The SMILES string of the molecule is CCC(=NNC(=O)c1ccc(C(=O)NN=C(CC)c2ccc(Cl)cc2)o1)c1ccc(Cl)cc1. The van der Waals surface area contributed by atoms with E-state index in [2.05, 4.69) is 21.1 Å². The van der Waals surface area contributed by atoms with Gasteiger partial charge in [0.1, 0.15) is 0 Å². The van der Waals surface area contributed by atoms with Gasteiger partial charge in [-0.2, -0.15) is 10.2 Å². The molecule has 0 aliphatic rings. The van der Waals surface area contributed by atoms with Crippen molar-refractivity contribution in [2.24, 2.45) is 10.2 Å². The largest absolute Gasteiger partial charge is 0.446 e. The minimum atomic E-state index is -0.576. The number of hydrazone groups is 2. The van der Waals surface area contributed by atoms with Gasteiger partial charge in [0.05, 0.1) is 11.4 Å². The van der Waals surface area contributed by atoms with Crippen LogP contribution in [0.15, 0.2) is 75.3 Å². The molecule has 0 aliphatic carbocycles. The van der Waals surface area contributed by atoms with Crippen LogP contribution in [0.25, 0.3) is 0 Å². The highest BCUT2D eigenvalue weighted by atomic mass is 35.5. The summed E-state index contributed by atoms with van der Waals surface area (Å²) < 4.78 is 5.38. The molecule has 3 aromatic rings. The number of amides is 2. The van der Waals surface area contributed by atoms with Gasteiger partial charge in [-0.15, -0.1) is 0 Å². The maximum atomic E-state index is 12.4. The maximum Gasteiger partial charge on any atom is 0.307 e. The van der Waals surface area contributed by atoms with E-state index in [1.807, 2.05) is 38.1 Å². The zero-order chi connectivity index (χ0) is 23.8. The molecular weight excluding hydrogens is 463 g/mol. The Kier molecular flexibility index (Phi) is 8.40. The van der Waals surface area contributed by atoms with Gasteiger partial charge in [-0.05, 0) is 60.4 Å². The van der Waals surface area contributed by atoms with E-state index in [-0.39, 0.29) is 11.5 Å². The summed E-state index contributed by atoms with van der Waals surface area (Å²) in [4.78, 5) is 24.8. The van der Waals surface area contributed by atoms with E-state index < -0.39 is 11.8 Å². The third kappa shape index (κ3) is 6.54. The number of carbonyl (C=O) groups is 2. The number of rotatable bonds is 8. The predicted molar refractivity (Wildman–Crippen MR) is 130 cm³/mol. The number of carbonyl (C=O) groups excluding carboxylic acids is 2. The second-order valence-electron chi connectivity index (χ2n) is 6.88. The number of hydrogen-bond acceptors (Lipinski definition) is 5. The van der Waals surface area contributed by atoms with E-state index in [0.717, 1.165) is 11.1 Å². The smallest absolute Gasteiger partial charge is 0.307 e. The van der Waals surface area contributed by atoms with E-state index in [0.29, 0.717) is 34.3 Å². The Morgan fingerprint density at radius 2 is 1.06 bits per heavy atom. The van der Waals surface area contributed by atoms with Crippen molar-refractivity contribution < 1.29 is 14.0 Å². The number of furan rings is 1. The third-order valence-electron chi connectivity index (χ3n) is 4.66. The van der Waals surface area contributed by atoms with Crippen LogP contribution in [0.3, 0.4) is 0 Å². The van der Waals surface area contributed by atoms with Crippen molar-refractivity contribution in [1.82, 2.24) is 10.9 Å². The predicted octanol–water partition coefficient (Wildman–Crippen LogP) is 5.67. The van der Waals surface area contributed by atoms with Crippen molar-refractivity contribution in [3.63, 3.8) is 0 Å². The lowest BCUT2D eigenvalue weighted by Gasteiger charge is -2.05. The molecule has 0 fully saturated rings. The van der Waals surface area contributed by atoms with Gasteiger partial charge in [0.15, 0.2) is 11.5 Å². The Hall–Kier alpha value is -3.42. The minimum absolute atomic E-state index is 0.0483. The number of nitrogens with zero attached hydrogens (tertiary/aromatic N) is 2. The van der Waals surface area contributed by atoms with Crippen LogP contribution in [0.4, 0.5) is 0 Å². The van der Waals surface area contributed by atoms with Crippen LogP contribution in [-0.2, 0) is 0 Å². The van der Waals surface area contributed by atoms with Crippen LogP contribution in [0.2, 0.25) is 10.0 Å². The molecule has 2 amide bonds. The van der Waals surface area contributed by atoms with Gasteiger partial charge in [-0.3, -0.25) is 9.59 Å². The highest BCUT2D eigenvalue weighted by Crippen LogP contribution is 2.13. The second-order valence-corrected chi connectivity index (χ2v) is 7.76. The number of benzene rings is 2. The molecule has 0 saturated heterocycles. The summed E-state index contributed by atoms with van der Waals surface area (Å²) in [6.45, 7) is 3.84. The van der Waals surface area contributed by atoms with Gasteiger partial charge < -0.3 is 4.42 Å². The van der Waals surface area contributed by atoms with Gasteiger partial charge in [0.2, 0.25) is 0 Å². The van der Waals surface area contributed by atoms with Crippen LogP contribution < -0.4 is 10.9 Å². The Bertz CT molecular complexity index is 1090. The van der Waals surface area contributed by atoms with Crippen LogP contribution in [0, 0.1) is 0 Å². The van der Waals surface area contributed by atoms with E-state index in [4.69, 9.17) is 27.6 Å². The van der Waals surface area contributed by atoms with Gasteiger partial charge in [-0.25, -0.2) is 10.9 Å². The molecule has 33 heavy (non-hydrogen) atoms. The van der Waals surface area contributed by atoms with Crippen molar-refractivity contribution in [2.45, 2.75) is 26.7 Å². The standard InChI is InChI=1S/C24H22Cl2N4O3/c1-3-19(15-5-9-17(25)10-6-15)27-29-23(31)21-13-14-22(33-21)24(32)30-28-20(4-2)16-7-11-18(26)12-8-16/h5-14H,3-4H2,1-2H3,(H,29,31)(H,30,32). The zero-order valence-electron chi connectivity index (χ0n) is 18.1. The Morgan fingerprint density at radius 1 is 0.697 bits per heavy atom. The first-order valence-corrected chi connectivity index (χ1v) is 11.0. The van der Waals surface area contributed by atoms with Gasteiger partial charge in [-0.1, -0.05) is 61.3 Å². The molecule has 2 aromatic carbocycles. The fourth-order valence-corrected chi connectivity index (χ4v) is 3.16. The van der Waals surface area contributed by atoms with Crippen molar-refractivity contribution in [3.8, 4) is 0 Å². The maximum absolute atomic E-state index is 12.4. The molecular formula is C24H22Cl2N4O3. The highest BCUT2D eigenvalue weighted by molar-refractivity contribution is 6.31. The summed E-state index contributed by atoms with van der Waals surface area (Å²) in [7, 11) is 0. The lowest BCUT2D eigenvalue weighted by atomic mass is 10.1. The monoisotopic (exact) mass is 484 g/mol. The number of hydrogen-bond donors (Lipinski definition) is 2. The fourth-order valence-electron chi connectivity index (χ4n) is 2.91. The van der Waals surface area contributed by atoms with Crippen molar-refractivity contribution in [2.75, 3.05) is 0 Å². The molecule has 0 atom stereocenters. The summed E-state index contributed by atoms with van der Waals surface area (Å²) in [5.41, 5.74) is 7.93. The summed E-state index contributed by atoms with van der Waals surface area (Å²) in [6, 6.07) is 17.1. The van der Waals surface area contributed by atoms with Crippen LogP contribution in [0.1, 0.15) is 58.9 Å². The fraction of sp³-hybridized carbons (Fsp3) is 0.167. The summed E-state index contributed by atoms with van der Waals surface area (Å²) in [5.74, 6) is -1.25. The van der Waals surface area contributed by atoms with Crippen molar-refractivity contribution in [3.05, 3.63) is 93.4 Å². The molecule has 2 N–H and O–H groups in total. The Labute approximate surface area is 201 Å². The molecule has 170 valence electrons. The van der Waals surface area contributed by atoms with Gasteiger partial charge >= 0.3 is 11.8 Å². The van der Waals surface area contributed by atoms with Crippen LogP contribution in [-0.4, -0.2) is 23.2 Å². The second kappa shape index (κ2) is 11.4. The average molecular weight is 485 g/mol. The average Bonchev–Trinajstić information content (AvgIpc) is 3.32. The van der Waals surface area contributed by atoms with Crippen molar-refractivity contribution in [1.29, 1.82) is 0 Å².